The van der Waals surface area contributed by atoms with E-state index in [4.69, 9.17) is 16.3 Å². The number of nitrogens with one attached hydrogen (secondary N) is 2. The molecule has 0 aliphatic heterocycles. The number of rotatable bonds is 6. The van der Waals surface area contributed by atoms with Gasteiger partial charge in [-0.1, -0.05) is 11.6 Å². The average molecular weight is 341 g/mol. The fourth-order valence-corrected chi connectivity index (χ4v) is 2.15. The van der Waals surface area contributed by atoms with Crippen molar-refractivity contribution in [3.63, 3.8) is 0 Å². The molecule has 0 saturated heterocycles. The molecule has 0 spiro atoms. The maximum absolute atomic E-state index is 13.0. The molecule has 0 aliphatic carbocycles. The second kappa shape index (κ2) is 7.78. The van der Waals surface area contributed by atoms with E-state index in [1.54, 1.807) is 18.2 Å². The Kier molecular flexibility index (Phi) is 5.76. The second-order valence-corrected chi connectivity index (χ2v) is 5.11. The SMILES string of the molecule is COc1ccc(NCCC(=O)Nc2ccc(F)c(F)c2)cc1Cl. The molecular weight excluding hydrogens is 326 g/mol. The smallest absolute Gasteiger partial charge is 0.226 e. The van der Waals surface area contributed by atoms with E-state index >= 15 is 0 Å². The minimum Gasteiger partial charge on any atom is -0.495 e. The third-order valence-electron chi connectivity index (χ3n) is 3.04. The number of carbonyl (C=O) groups is 1. The van der Waals surface area contributed by atoms with Gasteiger partial charge in [0.2, 0.25) is 5.91 Å². The topological polar surface area (TPSA) is 50.4 Å². The normalized spacial score (nSPS) is 10.3. The highest BCUT2D eigenvalue weighted by atomic mass is 35.5. The van der Waals surface area contributed by atoms with Gasteiger partial charge in [0, 0.05) is 30.4 Å². The first-order valence-electron chi connectivity index (χ1n) is 6.82. The van der Waals surface area contributed by atoms with Crippen LogP contribution in [0.3, 0.4) is 0 Å². The summed E-state index contributed by atoms with van der Waals surface area (Å²) in [5, 5.41) is 6.00. The van der Waals surface area contributed by atoms with E-state index in [1.165, 1.54) is 13.2 Å². The van der Waals surface area contributed by atoms with Crippen LogP contribution in [0.25, 0.3) is 0 Å². The van der Waals surface area contributed by atoms with Gasteiger partial charge in [-0.05, 0) is 30.3 Å². The van der Waals surface area contributed by atoms with E-state index in [1.807, 2.05) is 0 Å². The van der Waals surface area contributed by atoms with E-state index in [2.05, 4.69) is 10.6 Å². The first-order valence-corrected chi connectivity index (χ1v) is 7.19. The van der Waals surface area contributed by atoms with E-state index in [9.17, 15) is 13.6 Å². The lowest BCUT2D eigenvalue weighted by Gasteiger charge is -2.09. The predicted octanol–water partition coefficient (Wildman–Crippen LogP) is 4.07. The molecule has 2 N–H and O–H groups in total. The van der Waals surface area contributed by atoms with Gasteiger partial charge in [0.25, 0.3) is 0 Å². The van der Waals surface area contributed by atoms with E-state index in [-0.39, 0.29) is 18.0 Å². The Hall–Kier alpha value is -2.34. The van der Waals surface area contributed by atoms with Crippen molar-refractivity contribution in [1.82, 2.24) is 0 Å². The van der Waals surface area contributed by atoms with Gasteiger partial charge in [0.1, 0.15) is 5.75 Å². The van der Waals surface area contributed by atoms with Crippen LogP contribution < -0.4 is 15.4 Å². The largest absolute Gasteiger partial charge is 0.495 e. The molecule has 0 heterocycles. The summed E-state index contributed by atoms with van der Waals surface area (Å²) < 4.78 is 30.9. The Morgan fingerprint density at radius 3 is 2.52 bits per heavy atom. The predicted molar refractivity (Wildman–Crippen MR) is 86.1 cm³/mol. The number of carbonyl (C=O) groups excluding carboxylic acids is 1. The maximum Gasteiger partial charge on any atom is 0.226 e. The van der Waals surface area contributed by atoms with Gasteiger partial charge in [-0.2, -0.15) is 0 Å². The van der Waals surface area contributed by atoms with Gasteiger partial charge in [0.05, 0.1) is 12.1 Å². The Bertz CT molecular complexity index is 710. The van der Waals surface area contributed by atoms with Crippen molar-refractivity contribution in [2.45, 2.75) is 6.42 Å². The zero-order valence-corrected chi connectivity index (χ0v) is 13.1. The summed E-state index contributed by atoms with van der Waals surface area (Å²) in [6.07, 6.45) is 0.155. The Labute approximate surface area is 137 Å². The van der Waals surface area contributed by atoms with Crippen LogP contribution in [-0.2, 0) is 4.79 Å². The number of methoxy groups -OCH3 is 1. The maximum atomic E-state index is 13.0. The van der Waals surface area contributed by atoms with E-state index < -0.39 is 11.6 Å². The lowest BCUT2D eigenvalue weighted by atomic mass is 10.2. The van der Waals surface area contributed by atoms with Crippen molar-refractivity contribution in [2.75, 3.05) is 24.3 Å². The molecule has 0 saturated carbocycles. The number of hydrogen-bond acceptors (Lipinski definition) is 3. The van der Waals surface area contributed by atoms with Crippen molar-refractivity contribution in [3.05, 3.63) is 53.1 Å². The van der Waals surface area contributed by atoms with Crippen LogP contribution >= 0.6 is 11.6 Å². The summed E-state index contributed by atoms with van der Waals surface area (Å²) in [5.74, 6) is -1.72. The van der Waals surface area contributed by atoms with Gasteiger partial charge < -0.3 is 15.4 Å². The third-order valence-corrected chi connectivity index (χ3v) is 3.33. The molecule has 2 aromatic rings. The van der Waals surface area contributed by atoms with Crippen LogP contribution in [0.5, 0.6) is 5.75 Å². The molecular formula is C16H15ClF2N2O2. The van der Waals surface area contributed by atoms with Crippen molar-refractivity contribution in [1.29, 1.82) is 0 Å². The van der Waals surface area contributed by atoms with Crippen LogP contribution in [0, 0.1) is 11.6 Å². The highest BCUT2D eigenvalue weighted by Crippen LogP contribution is 2.27. The molecule has 23 heavy (non-hydrogen) atoms. The van der Waals surface area contributed by atoms with Crippen LogP contribution in [0.4, 0.5) is 20.2 Å². The minimum absolute atomic E-state index is 0.155. The van der Waals surface area contributed by atoms with Crippen molar-refractivity contribution in [2.24, 2.45) is 0 Å². The highest BCUT2D eigenvalue weighted by molar-refractivity contribution is 6.32. The van der Waals surface area contributed by atoms with Gasteiger partial charge in [-0.15, -0.1) is 0 Å². The second-order valence-electron chi connectivity index (χ2n) is 4.70. The molecule has 2 rings (SSSR count). The molecule has 1 amide bonds. The van der Waals surface area contributed by atoms with Gasteiger partial charge in [-0.25, -0.2) is 8.78 Å². The zero-order chi connectivity index (χ0) is 16.8. The van der Waals surface area contributed by atoms with E-state index in [0.29, 0.717) is 17.3 Å². The molecule has 0 fully saturated rings. The number of amides is 1. The minimum atomic E-state index is -1.01. The summed E-state index contributed by atoms with van der Waals surface area (Å²) in [6.45, 7) is 0.359. The zero-order valence-electron chi connectivity index (χ0n) is 12.3. The third kappa shape index (κ3) is 4.82. The standard InChI is InChI=1S/C16H15ClF2N2O2/c1-23-15-5-3-10(8-12(15)17)20-7-6-16(22)21-11-2-4-13(18)14(19)9-11/h2-5,8-9,20H,6-7H2,1H3,(H,21,22). The molecule has 122 valence electrons. The summed E-state index contributed by atoms with van der Waals surface area (Å²) in [5.41, 5.74) is 0.956. The molecule has 0 aromatic heterocycles. The Balaban J connectivity index is 1.82. The lowest BCUT2D eigenvalue weighted by Crippen LogP contribution is -2.16. The number of hydrogen-bond donors (Lipinski definition) is 2. The van der Waals surface area contributed by atoms with Crippen molar-refractivity contribution >= 4 is 28.9 Å². The number of ether oxygens (including phenoxy) is 1. The number of anilines is 2. The first-order chi connectivity index (χ1) is 11.0. The fraction of sp³-hybridized carbons (Fsp3) is 0.188. The van der Waals surface area contributed by atoms with Crippen molar-refractivity contribution < 1.29 is 18.3 Å². The fourth-order valence-electron chi connectivity index (χ4n) is 1.89. The molecule has 0 unspecified atom stereocenters. The van der Waals surface area contributed by atoms with Crippen LogP contribution in [0.15, 0.2) is 36.4 Å². The summed E-state index contributed by atoms with van der Waals surface area (Å²) in [4.78, 5) is 11.8. The quantitative estimate of drug-likeness (QED) is 0.833. The van der Waals surface area contributed by atoms with Gasteiger partial charge >= 0.3 is 0 Å². The summed E-state index contributed by atoms with van der Waals surface area (Å²) in [6, 6.07) is 8.37. The highest BCUT2D eigenvalue weighted by Gasteiger charge is 2.07. The average Bonchev–Trinajstić information content (AvgIpc) is 2.51. The molecule has 0 bridgehead atoms. The number of benzene rings is 2. The molecule has 4 nitrogen and oxygen atoms in total. The van der Waals surface area contributed by atoms with Crippen molar-refractivity contribution in [3.8, 4) is 5.75 Å². The van der Waals surface area contributed by atoms with Gasteiger partial charge in [-0.3, -0.25) is 4.79 Å². The van der Waals surface area contributed by atoms with Crippen LogP contribution in [-0.4, -0.2) is 19.6 Å². The molecule has 0 radical (unpaired) electrons. The van der Waals surface area contributed by atoms with E-state index in [0.717, 1.165) is 17.8 Å². The molecule has 0 atom stereocenters. The Morgan fingerprint density at radius 2 is 1.87 bits per heavy atom. The van der Waals surface area contributed by atoms with Crippen LogP contribution in [0.2, 0.25) is 5.02 Å². The monoisotopic (exact) mass is 340 g/mol. The first kappa shape index (κ1) is 17.0. The lowest BCUT2D eigenvalue weighted by molar-refractivity contribution is -0.115. The van der Waals surface area contributed by atoms with Crippen LogP contribution in [0.1, 0.15) is 6.42 Å². The van der Waals surface area contributed by atoms with Gasteiger partial charge in [0.15, 0.2) is 11.6 Å². The molecule has 2 aromatic carbocycles. The summed E-state index contributed by atoms with van der Waals surface area (Å²) >= 11 is 6.00. The Morgan fingerprint density at radius 1 is 1.13 bits per heavy atom. The number of halogens is 3. The molecule has 0 aliphatic rings. The summed E-state index contributed by atoms with van der Waals surface area (Å²) in [7, 11) is 1.52. The molecule has 7 heteroatoms.